The summed E-state index contributed by atoms with van der Waals surface area (Å²) >= 11 is 0. The molecule has 0 unspecified atom stereocenters. The molecule has 0 saturated heterocycles. The van der Waals surface area contributed by atoms with E-state index in [1.807, 2.05) is 6.07 Å². The third kappa shape index (κ3) is 6.07. The first-order chi connectivity index (χ1) is 16.8. The van der Waals surface area contributed by atoms with E-state index in [9.17, 15) is 23.1 Å². The maximum absolute atomic E-state index is 12.7. The molecular weight excluding hydrogens is 470 g/mol. The summed E-state index contributed by atoms with van der Waals surface area (Å²) in [7, 11) is -3.87. The number of carbonyl (C=O) groups is 2. The smallest absolute Gasteiger partial charge is 0.337 e. The maximum Gasteiger partial charge on any atom is 0.337 e. The van der Waals surface area contributed by atoms with Gasteiger partial charge in [0.05, 0.1) is 10.5 Å². The molecule has 0 spiro atoms. The SMILES string of the molecule is O=C(NNC(=O)c1cc2ccccc2cc1O)Nc1cccc(S(=O)(=O)NC2=NCCCCC2)c1. The van der Waals surface area contributed by atoms with Gasteiger partial charge in [0.25, 0.3) is 15.9 Å². The summed E-state index contributed by atoms with van der Waals surface area (Å²) in [4.78, 5) is 29.0. The van der Waals surface area contributed by atoms with Crippen molar-refractivity contribution in [2.24, 2.45) is 4.99 Å². The number of rotatable bonds is 4. The summed E-state index contributed by atoms with van der Waals surface area (Å²) in [5, 5.41) is 14.1. The number of hydrogen-bond donors (Lipinski definition) is 5. The number of urea groups is 1. The third-order valence-electron chi connectivity index (χ3n) is 5.43. The molecular formula is C24H25N5O5S. The second kappa shape index (κ2) is 10.4. The van der Waals surface area contributed by atoms with E-state index < -0.39 is 22.0 Å². The first kappa shape index (κ1) is 24.0. The van der Waals surface area contributed by atoms with Crippen molar-refractivity contribution >= 4 is 44.3 Å². The van der Waals surface area contributed by atoms with Gasteiger partial charge in [-0.3, -0.25) is 19.9 Å². The number of sulfonamides is 1. The van der Waals surface area contributed by atoms with Crippen LogP contribution in [0.2, 0.25) is 0 Å². The van der Waals surface area contributed by atoms with Crippen LogP contribution < -0.4 is 20.9 Å². The molecule has 5 N–H and O–H groups in total. The molecule has 3 aromatic rings. The fourth-order valence-corrected chi connectivity index (χ4v) is 4.80. The number of benzene rings is 3. The van der Waals surface area contributed by atoms with Crippen LogP contribution in [0.5, 0.6) is 5.75 Å². The topological polar surface area (TPSA) is 149 Å². The van der Waals surface area contributed by atoms with E-state index >= 15 is 0 Å². The minimum atomic E-state index is -3.87. The minimum absolute atomic E-state index is 0.00964. The van der Waals surface area contributed by atoms with Crippen molar-refractivity contribution in [3.8, 4) is 5.75 Å². The standard InChI is InChI=1S/C24H25N5O5S/c30-21-14-17-8-4-3-7-16(17)13-20(21)23(31)27-28-24(32)26-18-9-6-10-19(15-18)35(33,34)29-22-11-2-1-5-12-25-22/h3-4,6-10,13-15,30H,1-2,5,11-12H2,(H,25,29)(H,27,31)(H2,26,28,32). The number of amidine groups is 1. The number of phenolic OH excluding ortho intramolecular Hbond substituents is 1. The van der Waals surface area contributed by atoms with Crippen LogP contribution in [0.4, 0.5) is 10.5 Å². The second-order valence-corrected chi connectivity index (χ2v) is 9.70. The van der Waals surface area contributed by atoms with Gasteiger partial charge in [0.15, 0.2) is 0 Å². The van der Waals surface area contributed by atoms with E-state index in [1.165, 1.54) is 36.4 Å². The van der Waals surface area contributed by atoms with E-state index in [2.05, 4.69) is 25.9 Å². The lowest BCUT2D eigenvalue weighted by molar-refractivity contribution is 0.0935. The van der Waals surface area contributed by atoms with Gasteiger partial charge in [-0.1, -0.05) is 36.8 Å². The average Bonchev–Trinajstić information content (AvgIpc) is 3.10. The van der Waals surface area contributed by atoms with Gasteiger partial charge in [-0.25, -0.2) is 18.6 Å². The number of fused-ring (bicyclic) bond motifs is 1. The number of phenols is 1. The Morgan fingerprint density at radius 1 is 0.886 bits per heavy atom. The highest BCUT2D eigenvalue weighted by Crippen LogP contribution is 2.24. The van der Waals surface area contributed by atoms with Crippen molar-refractivity contribution in [2.45, 2.75) is 30.6 Å². The molecule has 3 amide bonds. The van der Waals surface area contributed by atoms with Gasteiger partial charge in [-0.2, -0.15) is 0 Å². The van der Waals surface area contributed by atoms with Gasteiger partial charge in [0, 0.05) is 18.7 Å². The highest BCUT2D eigenvalue weighted by Gasteiger charge is 2.18. The zero-order chi connectivity index (χ0) is 24.8. The summed E-state index contributed by atoms with van der Waals surface area (Å²) in [5.74, 6) is -0.515. The number of aromatic hydroxyl groups is 1. The maximum atomic E-state index is 12.7. The fraction of sp³-hybridized carbons (Fsp3) is 0.208. The molecule has 0 radical (unpaired) electrons. The summed E-state index contributed by atoms with van der Waals surface area (Å²) in [6.45, 7) is 0.586. The fourth-order valence-electron chi connectivity index (χ4n) is 3.67. The van der Waals surface area contributed by atoms with Gasteiger partial charge < -0.3 is 10.4 Å². The molecule has 0 aliphatic carbocycles. The van der Waals surface area contributed by atoms with Crippen molar-refractivity contribution in [2.75, 3.05) is 11.9 Å². The molecule has 1 aliphatic heterocycles. The highest BCUT2D eigenvalue weighted by molar-refractivity contribution is 7.90. The molecule has 3 aromatic carbocycles. The van der Waals surface area contributed by atoms with Crippen LogP contribution in [-0.2, 0) is 10.0 Å². The number of anilines is 1. The molecule has 10 nitrogen and oxygen atoms in total. The molecule has 11 heteroatoms. The predicted molar refractivity (Wildman–Crippen MR) is 133 cm³/mol. The molecule has 35 heavy (non-hydrogen) atoms. The molecule has 1 aliphatic rings. The Bertz CT molecular complexity index is 1400. The Balaban J connectivity index is 1.38. The molecule has 0 atom stereocenters. The van der Waals surface area contributed by atoms with Crippen LogP contribution >= 0.6 is 0 Å². The van der Waals surface area contributed by atoms with Crippen molar-refractivity contribution < 1.29 is 23.1 Å². The van der Waals surface area contributed by atoms with Crippen molar-refractivity contribution in [3.63, 3.8) is 0 Å². The Kier molecular flexibility index (Phi) is 7.16. The molecule has 0 bridgehead atoms. The van der Waals surface area contributed by atoms with Crippen LogP contribution in [-0.4, -0.2) is 37.8 Å². The summed E-state index contributed by atoms with van der Waals surface area (Å²) in [6, 6.07) is 15.1. The quantitative estimate of drug-likeness (QED) is 0.352. The lowest BCUT2D eigenvalue weighted by Gasteiger charge is -2.12. The number of carbonyl (C=O) groups excluding carboxylic acids is 2. The molecule has 0 aromatic heterocycles. The largest absolute Gasteiger partial charge is 0.507 e. The van der Waals surface area contributed by atoms with Crippen LogP contribution in [0.25, 0.3) is 10.8 Å². The van der Waals surface area contributed by atoms with Crippen molar-refractivity contribution in [1.82, 2.24) is 15.6 Å². The van der Waals surface area contributed by atoms with E-state index in [0.717, 1.165) is 30.0 Å². The van der Waals surface area contributed by atoms with Crippen molar-refractivity contribution in [3.05, 3.63) is 66.2 Å². The second-order valence-electron chi connectivity index (χ2n) is 8.02. The van der Waals surface area contributed by atoms with Gasteiger partial charge in [-0.05, 0) is 53.9 Å². The zero-order valence-electron chi connectivity index (χ0n) is 18.7. The molecule has 4 rings (SSSR count). The predicted octanol–water partition coefficient (Wildman–Crippen LogP) is 3.26. The van der Waals surface area contributed by atoms with Gasteiger partial charge in [-0.15, -0.1) is 0 Å². The average molecular weight is 496 g/mol. The lowest BCUT2D eigenvalue weighted by atomic mass is 10.1. The normalized spacial score (nSPS) is 13.9. The number of hydrazine groups is 1. The Morgan fingerprint density at radius 3 is 2.46 bits per heavy atom. The third-order valence-corrected chi connectivity index (χ3v) is 6.81. The summed E-state index contributed by atoms with van der Waals surface area (Å²) in [5.41, 5.74) is 4.61. The number of amides is 3. The number of nitrogens with one attached hydrogen (secondary N) is 4. The Labute approximate surface area is 202 Å². The number of nitrogens with zero attached hydrogens (tertiary/aromatic N) is 1. The van der Waals surface area contributed by atoms with Crippen LogP contribution in [0.15, 0.2) is 70.6 Å². The first-order valence-electron chi connectivity index (χ1n) is 11.1. The Hall–Kier alpha value is -4.12. The number of aliphatic imine (C=N–C) groups is 1. The first-order valence-corrected chi connectivity index (χ1v) is 12.6. The monoisotopic (exact) mass is 495 g/mol. The van der Waals surface area contributed by atoms with E-state index in [0.29, 0.717) is 18.8 Å². The summed E-state index contributed by atoms with van der Waals surface area (Å²) < 4.78 is 28.0. The van der Waals surface area contributed by atoms with Crippen LogP contribution in [0.1, 0.15) is 36.0 Å². The van der Waals surface area contributed by atoms with E-state index in [4.69, 9.17) is 0 Å². The molecule has 0 saturated carbocycles. The van der Waals surface area contributed by atoms with Gasteiger partial charge >= 0.3 is 6.03 Å². The van der Waals surface area contributed by atoms with E-state index in [-0.39, 0.29) is 21.9 Å². The van der Waals surface area contributed by atoms with Gasteiger partial charge in [0.2, 0.25) is 0 Å². The minimum Gasteiger partial charge on any atom is -0.507 e. The van der Waals surface area contributed by atoms with Crippen LogP contribution in [0.3, 0.4) is 0 Å². The lowest BCUT2D eigenvalue weighted by Crippen LogP contribution is -2.43. The number of hydrogen-bond acceptors (Lipinski definition) is 6. The zero-order valence-corrected chi connectivity index (χ0v) is 19.6. The van der Waals surface area contributed by atoms with Gasteiger partial charge in [0.1, 0.15) is 11.6 Å². The Morgan fingerprint density at radius 2 is 1.66 bits per heavy atom. The van der Waals surface area contributed by atoms with Crippen molar-refractivity contribution in [1.29, 1.82) is 0 Å². The molecule has 182 valence electrons. The molecule has 0 fully saturated rings. The highest BCUT2D eigenvalue weighted by atomic mass is 32.2. The summed E-state index contributed by atoms with van der Waals surface area (Å²) in [6.07, 6.45) is 3.36. The van der Waals surface area contributed by atoms with E-state index in [1.54, 1.807) is 18.2 Å². The molecule has 1 heterocycles. The van der Waals surface area contributed by atoms with Crippen LogP contribution in [0, 0.1) is 0 Å².